The monoisotopic (exact) mass is 433 g/mol. The standard InChI is InChI=1S/C29H23NO3/c31-26-8-4-9-28(18-26)32-19-21-5-3-7-24(17-21)22-12-15-27(16-13-22)33-20-25-14-11-23-6-1-2-10-29(23)30-25/h1-18,31H,19-20H2. The summed E-state index contributed by atoms with van der Waals surface area (Å²) >= 11 is 0. The molecule has 1 aromatic heterocycles. The highest BCUT2D eigenvalue weighted by atomic mass is 16.5. The molecule has 4 heteroatoms. The predicted octanol–water partition coefficient (Wildman–Crippen LogP) is 6.77. The first kappa shape index (κ1) is 20.6. The van der Waals surface area contributed by atoms with E-state index in [9.17, 15) is 5.11 Å². The van der Waals surface area contributed by atoms with Crippen LogP contribution in [-0.2, 0) is 13.2 Å². The molecule has 0 bridgehead atoms. The van der Waals surface area contributed by atoms with Crippen molar-refractivity contribution in [3.8, 4) is 28.4 Å². The van der Waals surface area contributed by atoms with E-state index in [0.717, 1.165) is 39.0 Å². The molecule has 0 aliphatic carbocycles. The van der Waals surface area contributed by atoms with Crippen LogP contribution in [0.5, 0.6) is 17.2 Å². The summed E-state index contributed by atoms with van der Waals surface area (Å²) in [6.07, 6.45) is 0. The number of para-hydroxylation sites is 1. The van der Waals surface area contributed by atoms with Gasteiger partial charge in [-0.25, -0.2) is 4.98 Å². The summed E-state index contributed by atoms with van der Waals surface area (Å²) in [5, 5.41) is 10.7. The van der Waals surface area contributed by atoms with E-state index < -0.39 is 0 Å². The zero-order valence-electron chi connectivity index (χ0n) is 18.0. The van der Waals surface area contributed by atoms with Gasteiger partial charge in [-0.3, -0.25) is 0 Å². The van der Waals surface area contributed by atoms with Crippen LogP contribution in [0.3, 0.4) is 0 Å². The second-order valence-corrected chi connectivity index (χ2v) is 7.79. The summed E-state index contributed by atoms with van der Waals surface area (Å²) in [5.74, 6) is 1.64. The van der Waals surface area contributed by atoms with Crippen molar-refractivity contribution in [3.63, 3.8) is 0 Å². The molecule has 33 heavy (non-hydrogen) atoms. The van der Waals surface area contributed by atoms with E-state index in [1.165, 1.54) is 0 Å². The molecule has 1 heterocycles. The number of fused-ring (bicyclic) bond motifs is 1. The quantitative estimate of drug-likeness (QED) is 0.308. The van der Waals surface area contributed by atoms with Crippen molar-refractivity contribution in [3.05, 3.63) is 120 Å². The van der Waals surface area contributed by atoms with Crippen molar-refractivity contribution in [1.29, 1.82) is 0 Å². The summed E-state index contributed by atoms with van der Waals surface area (Å²) in [6.45, 7) is 0.850. The van der Waals surface area contributed by atoms with Gasteiger partial charge < -0.3 is 14.6 Å². The van der Waals surface area contributed by atoms with Gasteiger partial charge in [-0.05, 0) is 59.2 Å². The van der Waals surface area contributed by atoms with Crippen LogP contribution >= 0.6 is 0 Å². The summed E-state index contributed by atoms with van der Waals surface area (Å²) in [5.41, 5.74) is 5.14. The van der Waals surface area contributed by atoms with Crippen molar-refractivity contribution < 1.29 is 14.6 Å². The Kier molecular flexibility index (Phi) is 5.89. The number of phenols is 1. The fourth-order valence-electron chi connectivity index (χ4n) is 3.67. The van der Waals surface area contributed by atoms with Crippen LogP contribution < -0.4 is 9.47 Å². The summed E-state index contributed by atoms with van der Waals surface area (Å²) < 4.78 is 11.7. The molecule has 0 fully saturated rings. The van der Waals surface area contributed by atoms with Crippen molar-refractivity contribution in [2.24, 2.45) is 0 Å². The average molecular weight is 434 g/mol. The Morgan fingerprint density at radius 1 is 0.606 bits per heavy atom. The third-order valence-corrected chi connectivity index (χ3v) is 5.38. The number of hydrogen-bond acceptors (Lipinski definition) is 4. The van der Waals surface area contributed by atoms with Gasteiger partial charge in [-0.15, -0.1) is 0 Å². The molecular formula is C29H23NO3. The Bertz CT molecular complexity index is 1380. The summed E-state index contributed by atoms with van der Waals surface area (Å²) in [4.78, 5) is 4.66. The molecule has 0 amide bonds. The van der Waals surface area contributed by atoms with Crippen LogP contribution in [0.2, 0.25) is 0 Å². The first-order chi connectivity index (χ1) is 16.2. The van der Waals surface area contributed by atoms with E-state index in [2.05, 4.69) is 41.4 Å². The minimum Gasteiger partial charge on any atom is -0.508 e. The van der Waals surface area contributed by atoms with E-state index in [4.69, 9.17) is 9.47 Å². The van der Waals surface area contributed by atoms with Gasteiger partial charge in [0, 0.05) is 11.5 Å². The molecule has 162 valence electrons. The van der Waals surface area contributed by atoms with Crippen LogP contribution in [0.1, 0.15) is 11.3 Å². The largest absolute Gasteiger partial charge is 0.508 e. The Hall–Kier alpha value is -4.31. The highest BCUT2D eigenvalue weighted by Gasteiger charge is 2.04. The van der Waals surface area contributed by atoms with E-state index in [-0.39, 0.29) is 5.75 Å². The van der Waals surface area contributed by atoms with Gasteiger partial charge in [0.2, 0.25) is 0 Å². The lowest BCUT2D eigenvalue weighted by molar-refractivity contribution is 0.302. The second kappa shape index (κ2) is 9.45. The lowest BCUT2D eigenvalue weighted by atomic mass is 10.0. The minimum absolute atomic E-state index is 0.194. The third-order valence-electron chi connectivity index (χ3n) is 5.38. The first-order valence-electron chi connectivity index (χ1n) is 10.8. The lowest BCUT2D eigenvalue weighted by Crippen LogP contribution is -1.98. The number of benzene rings is 4. The molecule has 0 radical (unpaired) electrons. The molecule has 0 aliphatic heterocycles. The Morgan fingerprint density at radius 3 is 2.30 bits per heavy atom. The second-order valence-electron chi connectivity index (χ2n) is 7.79. The SMILES string of the molecule is Oc1cccc(OCc2cccc(-c3ccc(OCc4ccc5ccccc5n4)cc3)c2)c1. The van der Waals surface area contributed by atoms with Gasteiger partial charge in [0.05, 0.1) is 11.2 Å². The molecule has 5 rings (SSSR count). The Labute approximate surface area is 192 Å². The molecule has 0 unspecified atom stereocenters. The maximum Gasteiger partial charge on any atom is 0.130 e. The molecule has 4 aromatic carbocycles. The first-order valence-corrected chi connectivity index (χ1v) is 10.8. The highest BCUT2D eigenvalue weighted by Crippen LogP contribution is 2.25. The van der Waals surface area contributed by atoms with E-state index in [1.807, 2.05) is 54.6 Å². The van der Waals surface area contributed by atoms with E-state index in [0.29, 0.717) is 19.0 Å². The number of phenolic OH excluding ortho intramolecular Hbond substituents is 1. The summed E-state index contributed by atoms with van der Waals surface area (Å²) in [7, 11) is 0. The number of rotatable bonds is 7. The highest BCUT2D eigenvalue weighted by molar-refractivity contribution is 5.78. The molecule has 5 aromatic rings. The summed E-state index contributed by atoms with van der Waals surface area (Å²) in [6, 6.07) is 35.3. The number of nitrogens with zero attached hydrogens (tertiary/aromatic N) is 1. The lowest BCUT2D eigenvalue weighted by Gasteiger charge is -2.10. The molecule has 0 spiro atoms. The van der Waals surface area contributed by atoms with Gasteiger partial charge in [-0.2, -0.15) is 0 Å². The van der Waals surface area contributed by atoms with Crippen molar-refractivity contribution in [2.45, 2.75) is 13.2 Å². The topological polar surface area (TPSA) is 51.6 Å². The van der Waals surface area contributed by atoms with Crippen LogP contribution in [0.25, 0.3) is 22.0 Å². The van der Waals surface area contributed by atoms with E-state index in [1.54, 1.807) is 18.2 Å². The number of aromatic nitrogens is 1. The molecule has 0 saturated carbocycles. The third kappa shape index (κ3) is 5.13. The van der Waals surface area contributed by atoms with E-state index >= 15 is 0 Å². The van der Waals surface area contributed by atoms with Crippen molar-refractivity contribution in [1.82, 2.24) is 4.98 Å². The van der Waals surface area contributed by atoms with Crippen LogP contribution in [0, 0.1) is 0 Å². The molecule has 1 N–H and O–H groups in total. The van der Waals surface area contributed by atoms with Crippen molar-refractivity contribution >= 4 is 10.9 Å². The number of pyridine rings is 1. The fraction of sp³-hybridized carbons (Fsp3) is 0.0690. The van der Waals surface area contributed by atoms with Gasteiger partial charge in [0.15, 0.2) is 0 Å². The van der Waals surface area contributed by atoms with Gasteiger partial charge in [0.25, 0.3) is 0 Å². The average Bonchev–Trinajstić information content (AvgIpc) is 2.87. The number of ether oxygens (including phenoxy) is 2. The minimum atomic E-state index is 0.194. The number of aromatic hydroxyl groups is 1. The number of hydrogen-bond donors (Lipinski definition) is 1. The van der Waals surface area contributed by atoms with Gasteiger partial charge >= 0.3 is 0 Å². The zero-order valence-corrected chi connectivity index (χ0v) is 18.0. The molecule has 0 aliphatic rings. The molecule has 0 saturated heterocycles. The van der Waals surface area contributed by atoms with Crippen LogP contribution in [0.15, 0.2) is 109 Å². The molecule has 0 atom stereocenters. The maximum atomic E-state index is 9.58. The van der Waals surface area contributed by atoms with Gasteiger partial charge in [-0.1, -0.05) is 60.7 Å². The maximum absolute atomic E-state index is 9.58. The normalized spacial score (nSPS) is 10.8. The zero-order chi connectivity index (χ0) is 22.5. The van der Waals surface area contributed by atoms with Gasteiger partial charge in [0.1, 0.15) is 30.5 Å². The Balaban J connectivity index is 1.22. The molecular weight excluding hydrogens is 410 g/mol. The molecule has 4 nitrogen and oxygen atoms in total. The predicted molar refractivity (Wildman–Crippen MR) is 130 cm³/mol. The van der Waals surface area contributed by atoms with Crippen LogP contribution in [0.4, 0.5) is 0 Å². The fourth-order valence-corrected chi connectivity index (χ4v) is 3.67. The van der Waals surface area contributed by atoms with Crippen molar-refractivity contribution in [2.75, 3.05) is 0 Å². The van der Waals surface area contributed by atoms with Crippen LogP contribution in [-0.4, -0.2) is 10.1 Å². The Morgan fingerprint density at radius 2 is 1.42 bits per heavy atom. The smallest absolute Gasteiger partial charge is 0.130 e.